The first kappa shape index (κ1) is 21.2. The third-order valence-corrected chi connectivity index (χ3v) is 6.70. The van der Waals surface area contributed by atoms with Gasteiger partial charge in [-0.1, -0.05) is 12.1 Å². The largest absolute Gasteiger partial charge is 0.491 e. The summed E-state index contributed by atoms with van der Waals surface area (Å²) in [6.07, 6.45) is 6.82. The number of nitrogens with one attached hydrogen (secondary N) is 1. The molecule has 2 heterocycles. The number of nitrogens with zero attached hydrogens (tertiary/aromatic N) is 2. The molecule has 0 spiro atoms. The summed E-state index contributed by atoms with van der Waals surface area (Å²) in [5.74, 6) is 2.23. The van der Waals surface area contributed by atoms with Crippen molar-refractivity contribution in [2.75, 3.05) is 39.8 Å². The number of fused-ring (bicyclic) bond motifs is 1. The molecule has 6 nitrogen and oxygen atoms in total. The van der Waals surface area contributed by atoms with Crippen LogP contribution in [0.1, 0.15) is 49.7 Å². The monoisotopic (exact) mass is 413 g/mol. The normalized spacial score (nSPS) is 20.2. The van der Waals surface area contributed by atoms with Crippen LogP contribution in [0.2, 0.25) is 0 Å². The average molecular weight is 414 g/mol. The first-order valence-corrected chi connectivity index (χ1v) is 11.6. The van der Waals surface area contributed by atoms with Crippen LogP contribution in [0.25, 0.3) is 0 Å². The molecular formula is C24H35N3O3. The minimum atomic E-state index is 0.125. The summed E-state index contributed by atoms with van der Waals surface area (Å²) in [6, 6.07) is 6.15. The number of carbonyl (C=O) groups excluding carboxylic acids is 2. The van der Waals surface area contributed by atoms with Crippen LogP contribution in [0.15, 0.2) is 18.2 Å². The van der Waals surface area contributed by atoms with Crippen LogP contribution in [-0.4, -0.2) is 61.4 Å². The van der Waals surface area contributed by atoms with Gasteiger partial charge in [-0.2, -0.15) is 0 Å². The van der Waals surface area contributed by atoms with Crippen LogP contribution in [0, 0.1) is 11.8 Å². The summed E-state index contributed by atoms with van der Waals surface area (Å²) in [6.45, 7) is 4.93. The van der Waals surface area contributed by atoms with Gasteiger partial charge in [-0.15, -0.1) is 0 Å². The van der Waals surface area contributed by atoms with Gasteiger partial charge in [-0.3, -0.25) is 9.59 Å². The van der Waals surface area contributed by atoms with Crippen LogP contribution in [-0.2, 0) is 22.6 Å². The molecule has 1 N–H and O–H groups in total. The molecule has 4 rings (SSSR count). The van der Waals surface area contributed by atoms with E-state index in [-0.39, 0.29) is 17.7 Å². The quantitative estimate of drug-likeness (QED) is 0.746. The van der Waals surface area contributed by atoms with Crippen LogP contribution in [0.4, 0.5) is 0 Å². The van der Waals surface area contributed by atoms with Gasteiger partial charge in [0.05, 0.1) is 6.54 Å². The van der Waals surface area contributed by atoms with Crippen molar-refractivity contribution >= 4 is 11.8 Å². The molecule has 1 aromatic rings. The lowest BCUT2D eigenvalue weighted by atomic mass is 9.94. The predicted octanol–water partition coefficient (Wildman–Crippen LogP) is 2.60. The van der Waals surface area contributed by atoms with Crippen molar-refractivity contribution in [3.63, 3.8) is 0 Å². The van der Waals surface area contributed by atoms with Crippen molar-refractivity contribution < 1.29 is 14.3 Å². The van der Waals surface area contributed by atoms with E-state index in [1.165, 1.54) is 25.9 Å². The van der Waals surface area contributed by atoms with Crippen LogP contribution in [0.5, 0.6) is 5.75 Å². The second kappa shape index (κ2) is 9.82. The fraction of sp³-hybridized carbons (Fsp3) is 0.667. The molecule has 1 aliphatic carbocycles. The highest BCUT2D eigenvalue weighted by molar-refractivity contribution is 5.81. The lowest BCUT2D eigenvalue weighted by molar-refractivity contribution is -0.133. The van der Waals surface area contributed by atoms with E-state index in [0.29, 0.717) is 32.5 Å². The molecule has 2 amide bonds. The van der Waals surface area contributed by atoms with Gasteiger partial charge in [0.15, 0.2) is 0 Å². The molecule has 0 unspecified atom stereocenters. The molecule has 0 bridgehead atoms. The zero-order valence-electron chi connectivity index (χ0n) is 18.2. The van der Waals surface area contributed by atoms with Crippen LogP contribution in [0.3, 0.4) is 0 Å². The summed E-state index contributed by atoms with van der Waals surface area (Å²) < 4.78 is 5.85. The van der Waals surface area contributed by atoms with Crippen molar-refractivity contribution in [2.45, 2.75) is 51.5 Å². The van der Waals surface area contributed by atoms with Crippen molar-refractivity contribution in [2.24, 2.45) is 11.8 Å². The molecule has 164 valence electrons. The minimum absolute atomic E-state index is 0.125. The number of amides is 2. The fourth-order valence-electron chi connectivity index (χ4n) is 4.49. The van der Waals surface area contributed by atoms with Gasteiger partial charge >= 0.3 is 0 Å². The summed E-state index contributed by atoms with van der Waals surface area (Å²) in [4.78, 5) is 29.1. The molecule has 3 aliphatic rings. The van der Waals surface area contributed by atoms with E-state index in [1.54, 1.807) is 0 Å². The number of rotatable bonds is 7. The first-order chi connectivity index (χ1) is 14.6. The third-order valence-electron chi connectivity index (χ3n) is 6.70. The lowest BCUT2D eigenvalue weighted by Gasteiger charge is -2.28. The lowest BCUT2D eigenvalue weighted by Crippen LogP contribution is -2.33. The summed E-state index contributed by atoms with van der Waals surface area (Å²) in [7, 11) is 2.18. The van der Waals surface area contributed by atoms with Gasteiger partial charge in [0.1, 0.15) is 12.4 Å². The number of hydrogen-bond donors (Lipinski definition) is 1. The Morgan fingerprint density at radius 1 is 1.13 bits per heavy atom. The van der Waals surface area contributed by atoms with Gasteiger partial charge in [-0.05, 0) is 76.2 Å². The van der Waals surface area contributed by atoms with Gasteiger partial charge in [0.25, 0.3) is 0 Å². The van der Waals surface area contributed by atoms with E-state index in [1.807, 2.05) is 17.0 Å². The van der Waals surface area contributed by atoms with Crippen molar-refractivity contribution in [3.05, 3.63) is 29.3 Å². The second-order valence-electron chi connectivity index (χ2n) is 9.21. The van der Waals surface area contributed by atoms with Crippen molar-refractivity contribution in [1.82, 2.24) is 15.1 Å². The van der Waals surface area contributed by atoms with Crippen LogP contribution >= 0.6 is 0 Å². The summed E-state index contributed by atoms with van der Waals surface area (Å²) >= 11 is 0. The van der Waals surface area contributed by atoms with Gasteiger partial charge in [0, 0.05) is 31.0 Å². The Balaban J connectivity index is 1.23. The highest BCUT2D eigenvalue weighted by atomic mass is 16.5. The van der Waals surface area contributed by atoms with E-state index in [0.717, 1.165) is 48.6 Å². The Morgan fingerprint density at radius 2 is 1.93 bits per heavy atom. The van der Waals surface area contributed by atoms with E-state index in [4.69, 9.17) is 4.74 Å². The molecular weight excluding hydrogens is 378 g/mol. The zero-order valence-corrected chi connectivity index (χ0v) is 18.2. The number of piperidine rings is 1. The Bertz CT molecular complexity index is 754. The molecule has 1 saturated heterocycles. The zero-order chi connectivity index (χ0) is 20.9. The maximum atomic E-state index is 12.5. The molecule has 0 aromatic heterocycles. The topological polar surface area (TPSA) is 61.9 Å². The second-order valence-corrected chi connectivity index (χ2v) is 9.21. The Hall–Kier alpha value is -2.08. The Kier molecular flexibility index (Phi) is 6.93. The molecule has 2 aliphatic heterocycles. The standard InChI is InChI=1S/C24H35N3O3/c1-26-12-9-18(10-13-26)8-11-25-23(28)7-3-19-2-6-22-21(16-19)17-27(14-15-30-22)24(29)20-4-5-20/h2,6,16,18,20H,3-5,7-15,17H2,1H3,(H,25,28). The average Bonchev–Trinajstić information content (AvgIpc) is 3.60. The Morgan fingerprint density at radius 3 is 2.70 bits per heavy atom. The molecule has 0 radical (unpaired) electrons. The molecule has 1 aromatic carbocycles. The van der Waals surface area contributed by atoms with E-state index in [9.17, 15) is 9.59 Å². The molecule has 30 heavy (non-hydrogen) atoms. The first-order valence-electron chi connectivity index (χ1n) is 11.6. The fourth-order valence-corrected chi connectivity index (χ4v) is 4.49. The van der Waals surface area contributed by atoms with E-state index >= 15 is 0 Å². The SMILES string of the molecule is CN1CCC(CCNC(=O)CCc2ccc3c(c2)CN(C(=O)C2CC2)CCO3)CC1. The number of benzene rings is 1. The summed E-state index contributed by atoms with van der Waals surface area (Å²) in [5, 5.41) is 3.10. The highest BCUT2D eigenvalue weighted by Gasteiger charge is 2.34. The number of carbonyl (C=O) groups is 2. The Labute approximate surface area is 179 Å². The van der Waals surface area contributed by atoms with Crippen molar-refractivity contribution in [3.8, 4) is 5.75 Å². The van der Waals surface area contributed by atoms with Gasteiger partial charge in [0.2, 0.25) is 11.8 Å². The van der Waals surface area contributed by atoms with Crippen molar-refractivity contribution in [1.29, 1.82) is 0 Å². The molecule has 1 saturated carbocycles. The van der Waals surface area contributed by atoms with Gasteiger partial charge in [-0.25, -0.2) is 0 Å². The highest BCUT2D eigenvalue weighted by Crippen LogP contribution is 2.33. The van der Waals surface area contributed by atoms with E-state index < -0.39 is 0 Å². The molecule has 6 heteroatoms. The summed E-state index contributed by atoms with van der Waals surface area (Å²) in [5.41, 5.74) is 2.19. The number of aryl methyl sites for hydroxylation is 1. The number of likely N-dealkylation sites (tertiary alicyclic amines) is 1. The van der Waals surface area contributed by atoms with Gasteiger partial charge < -0.3 is 19.9 Å². The maximum Gasteiger partial charge on any atom is 0.226 e. The minimum Gasteiger partial charge on any atom is -0.491 e. The van der Waals surface area contributed by atoms with E-state index in [2.05, 4.69) is 23.3 Å². The smallest absolute Gasteiger partial charge is 0.226 e. The third kappa shape index (κ3) is 5.75. The maximum absolute atomic E-state index is 12.5. The molecule has 0 atom stereocenters. The molecule has 2 fully saturated rings. The van der Waals surface area contributed by atoms with Crippen LogP contribution < -0.4 is 10.1 Å². The predicted molar refractivity (Wildman–Crippen MR) is 116 cm³/mol. The number of hydrogen-bond acceptors (Lipinski definition) is 4. The number of ether oxygens (including phenoxy) is 1.